The molecule has 0 heterocycles. The standard InChI is InChI=1S/C16H18ClNO2/c1-12(18)15-9-14(17)7-8-16(15)20-11-19-10-13-5-3-2-4-6-13/h2-9,12H,10-11,18H2,1H3/t12-/m0/s1. The van der Waals surface area contributed by atoms with E-state index in [0.717, 1.165) is 11.1 Å². The molecule has 0 aliphatic rings. The summed E-state index contributed by atoms with van der Waals surface area (Å²) in [5.41, 5.74) is 7.89. The Hall–Kier alpha value is -1.55. The first kappa shape index (κ1) is 14.9. The summed E-state index contributed by atoms with van der Waals surface area (Å²) in [5.74, 6) is 0.706. The van der Waals surface area contributed by atoms with Crippen LogP contribution >= 0.6 is 11.6 Å². The summed E-state index contributed by atoms with van der Waals surface area (Å²) < 4.78 is 11.1. The van der Waals surface area contributed by atoms with Gasteiger partial charge in [0.25, 0.3) is 0 Å². The first-order valence-corrected chi connectivity index (χ1v) is 6.84. The summed E-state index contributed by atoms with van der Waals surface area (Å²) in [6, 6.07) is 15.2. The molecule has 20 heavy (non-hydrogen) atoms. The predicted octanol–water partition coefficient (Wildman–Crippen LogP) is 3.91. The average molecular weight is 292 g/mol. The number of hydrogen-bond donors (Lipinski definition) is 1. The van der Waals surface area contributed by atoms with Gasteiger partial charge >= 0.3 is 0 Å². The van der Waals surface area contributed by atoms with Gasteiger partial charge in [-0.25, -0.2) is 0 Å². The van der Waals surface area contributed by atoms with Gasteiger partial charge < -0.3 is 15.2 Å². The molecule has 2 N–H and O–H groups in total. The second-order valence-corrected chi connectivity index (χ2v) is 5.00. The fourth-order valence-electron chi connectivity index (χ4n) is 1.85. The van der Waals surface area contributed by atoms with Crippen molar-refractivity contribution in [1.29, 1.82) is 0 Å². The Balaban J connectivity index is 1.88. The van der Waals surface area contributed by atoms with Crippen LogP contribution in [0.4, 0.5) is 0 Å². The molecule has 4 heteroatoms. The summed E-state index contributed by atoms with van der Waals surface area (Å²) in [4.78, 5) is 0. The van der Waals surface area contributed by atoms with Gasteiger partial charge in [-0.3, -0.25) is 0 Å². The minimum atomic E-state index is -0.141. The number of halogens is 1. The number of hydrogen-bond acceptors (Lipinski definition) is 3. The van der Waals surface area contributed by atoms with E-state index in [-0.39, 0.29) is 12.8 Å². The molecule has 106 valence electrons. The molecule has 0 bridgehead atoms. The average Bonchev–Trinajstić information content (AvgIpc) is 2.45. The summed E-state index contributed by atoms with van der Waals surface area (Å²) in [6.07, 6.45) is 0. The molecule has 3 nitrogen and oxygen atoms in total. The molecule has 0 radical (unpaired) electrons. The van der Waals surface area contributed by atoms with E-state index in [0.29, 0.717) is 17.4 Å². The minimum Gasteiger partial charge on any atom is -0.467 e. The Kier molecular flexibility index (Phi) is 5.41. The molecular formula is C16H18ClNO2. The van der Waals surface area contributed by atoms with Crippen molar-refractivity contribution in [3.8, 4) is 5.75 Å². The zero-order chi connectivity index (χ0) is 14.4. The third-order valence-corrected chi connectivity index (χ3v) is 3.11. The second kappa shape index (κ2) is 7.29. The first-order chi connectivity index (χ1) is 9.66. The van der Waals surface area contributed by atoms with Gasteiger partial charge in [0.1, 0.15) is 5.75 Å². The molecule has 2 aromatic rings. The lowest BCUT2D eigenvalue weighted by molar-refractivity contribution is 0.00441. The summed E-state index contributed by atoms with van der Waals surface area (Å²) in [6.45, 7) is 2.58. The second-order valence-electron chi connectivity index (χ2n) is 4.57. The van der Waals surface area contributed by atoms with E-state index in [9.17, 15) is 0 Å². The Morgan fingerprint density at radius 1 is 1.15 bits per heavy atom. The van der Waals surface area contributed by atoms with E-state index in [2.05, 4.69) is 0 Å². The zero-order valence-corrected chi connectivity index (χ0v) is 12.1. The van der Waals surface area contributed by atoms with Crippen LogP contribution in [-0.2, 0) is 11.3 Å². The SMILES string of the molecule is C[C@H](N)c1cc(Cl)ccc1OCOCc1ccccc1. The third-order valence-electron chi connectivity index (χ3n) is 2.87. The maximum absolute atomic E-state index is 5.96. The zero-order valence-electron chi connectivity index (χ0n) is 11.4. The van der Waals surface area contributed by atoms with Gasteiger partial charge in [0.15, 0.2) is 6.79 Å². The maximum Gasteiger partial charge on any atom is 0.189 e. The molecule has 2 rings (SSSR count). The van der Waals surface area contributed by atoms with Crippen molar-refractivity contribution in [3.63, 3.8) is 0 Å². The maximum atomic E-state index is 5.96. The molecule has 2 aromatic carbocycles. The Labute approximate surface area is 124 Å². The van der Waals surface area contributed by atoms with Gasteiger partial charge in [-0.05, 0) is 30.7 Å². The van der Waals surface area contributed by atoms with E-state index >= 15 is 0 Å². The lowest BCUT2D eigenvalue weighted by Crippen LogP contribution is -2.10. The van der Waals surface area contributed by atoms with Crippen LogP contribution in [0.15, 0.2) is 48.5 Å². The quantitative estimate of drug-likeness (QED) is 0.648. The van der Waals surface area contributed by atoms with Crippen LogP contribution in [0.25, 0.3) is 0 Å². The van der Waals surface area contributed by atoms with Crippen molar-refractivity contribution in [3.05, 3.63) is 64.7 Å². The fraction of sp³-hybridized carbons (Fsp3) is 0.250. The van der Waals surface area contributed by atoms with Gasteiger partial charge in [-0.2, -0.15) is 0 Å². The minimum absolute atomic E-state index is 0.141. The summed E-state index contributed by atoms with van der Waals surface area (Å²) >= 11 is 5.96. The molecule has 0 aromatic heterocycles. The lowest BCUT2D eigenvalue weighted by Gasteiger charge is -2.14. The van der Waals surface area contributed by atoms with Crippen molar-refractivity contribution < 1.29 is 9.47 Å². The lowest BCUT2D eigenvalue weighted by atomic mass is 10.1. The van der Waals surface area contributed by atoms with Crippen LogP contribution < -0.4 is 10.5 Å². The third kappa shape index (κ3) is 4.23. The van der Waals surface area contributed by atoms with Crippen LogP contribution in [0, 0.1) is 0 Å². The monoisotopic (exact) mass is 291 g/mol. The predicted molar refractivity (Wildman–Crippen MR) is 80.8 cm³/mol. The number of benzene rings is 2. The van der Waals surface area contributed by atoms with Crippen molar-refractivity contribution in [2.45, 2.75) is 19.6 Å². The van der Waals surface area contributed by atoms with Crippen molar-refractivity contribution in [2.75, 3.05) is 6.79 Å². The smallest absolute Gasteiger partial charge is 0.189 e. The van der Waals surface area contributed by atoms with Gasteiger partial charge in [0, 0.05) is 16.6 Å². The van der Waals surface area contributed by atoms with Crippen molar-refractivity contribution in [2.24, 2.45) is 5.73 Å². The number of rotatable bonds is 6. The van der Waals surface area contributed by atoms with Crippen molar-refractivity contribution in [1.82, 2.24) is 0 Å². The highest BCUT2D eigenvalue weighted by atomic mass is 35.5. The van der Waals surface area contributed by atoms with Crippen LogP contribution in [-0.4, -0.2) is 6.79 Å². The fourth-order valence-corrected chi connectivity index (χ4v) is 2.03. The Bertz CT molecular complexity index is 543. The van der Waals surface area contributed by atoms with Gasteiger partial charge in [0.2, 0.25) is 0 Å². The topological polar surface area (TPSA) is 44.5 Å². The summed E-state index contributed by atoms with van der Waals surface area (Å²) in [7, 11) is 0. The van der Waals surface area contributed by atoms with E-state index in [1.54, 1.807) is 6.07 Å². The summed E-state index contributed by atoms with van der Waals surface area (Å²) in [5, 5.41) is 0.648. The Morgan fingerprint density at radius 2 is 1.90 bits per heavy atom. The molecule has 0 unspecified atom stereocenters. The van der Waals surface area contributed by atoms with E-state index in [1.165, 1.54) is 0 Å². The van der Waals surface area contributed by atoms with E-state index in [4.69, 9.17) is 26.8 Å². The highest BCUT2D eigenvalue weighted by Crippen LogP contribution is 2.27. The molecular weight excluding hydrogens is 274 g/mol. The van der Waals surface area contributed by atoms with Crippen molar-refractivity contribution >= 4 is 11.6 Å². The highest BCUT2D eigenvalue weighted by Gasteiger charge is 2.09. The van der Waals surface area contributed by atoms with Gasteiger partial charge in [0.05, 0.1) is 6.61 Å². The van der Waals surface area contributed by atoms with E-state index < -0.39 is 0 Å². The molecule has 0 spiro atoms. The molecule has 0 fully saturated rings. The molecule has 1 atom stereocenters. The van der Waals surface area contributed by atoms with Gasteiger partial charge in [-0.15, -0.1) is 0 Å². The van der Waals surface area contributed by atoms with Crippen LogP contribution in [0.2, 0.25) is 5.02 Å². The van der Waals surface area contributed by atoms with E-state index in [1.807, 2.05) is 49.4 Å². The molecule has 0 aliphatic heterocycles. The molecule has 0 amide bonds. The number of nitrogens with two attached hydrogens (primary N) is 1. The molecule has 0 saturated carbocycles. The number of ether oxygens (including phenoxy) is 2. The van der Waals surface area contributed by atoms with Crippen LogP contribution in [0.1, 0.15) is 24.1 Å². The normalized spacial score (nSPS) is 12.2. The largest absolute Gasteiger partial charge is 0.467 e. The van der Waals surface area contributed by atoms with Crippen LogP contribution in [0.3, 0.4) is 0 Å². The first-order valence-electron chi connectivity index (χ1n) is 6.46. The molecule has 0 saturated heterocycles. The highest BCUT2D eigenvalue weighted by molar-refractivity contribution is 6.30. The Morgan fingerprint density at radius 3 is 2.60 bits per heavy atom. The van der Waals surface area contributed by atoms with Crippen LogP contribution in [0.5, 0.6) is 5.75 Å². The van der Waals surface area contributed by atoms with Gasteiger partial charge in [-0.1, -0.05) is 41.9 Å². The molecule has 0 aliphatic carbocycles.